The summed E-state index contributed by atoms with van der Waals surface area (Å²) in [7, 11) is 0. The number of carboxylic acid groups (broad SMARTS) is 1. The molecule has 3 rings (SSSR count). The van der Waals surface area contributed by atoms with Crippen LogP contribution in [-0.2, 0) is 9.59 Å². The van der Waals surface area contributed by atoms with E-state index in [0.29, 0.717) is 30.8 Å². The van der Waals surface area contributed by atoms with Crippen molar-refractivity contribution < 1.29 is 14.7 Å². The van der Waals surface area contributed by atoms with E-state index in [1.807, 2.05) is 18.2 Å². The van der Waals surface area contributed by atoms with Crippen molar-refractivity contribution in [3.05, 3.63) is 18.2 Å². The van der Waals surface area contributed by atoms with E-state index in [9.17, 15) is 9.59 Å². The van der Waals surface area contributed by atoms with Gasteiger partial charge < -0.3 is 16.2 Å². The van der Waals surface area contributed by atoms with Gasteiger partial charge in [0.05, 0.1) is 16.1 Å². The Bertz CT molecular complexity index is 720. The third-order valence-electron chi connectivity index (χ3n) is 4.12. The number of thiazole rings is 1. The highest BCUT2D eigenvalue weighted by Gasteiger charge is 2.29. The maximum absolute atomic E-state index is 12.3. The van der Waals surface area contributed by atoms with E-state index >= 15 is 0 Å². The molecule has 1 saturated carbocycles. The lowest BCUT2D eigenvalue weighted by Gasteiger charge is -2.25. The van der Waals surface area contributed by atoms with Crippen LogP contribution in [0.2, 0.25) is 0 Å². The highest BCUT2D eigenvalue weighted by atomic mass is 32.1. The van der Waals surface area contributed by atoms with Crippen molar-refractivity contribution in [3.8, 4) is 0 Å². The van der Waals surface area contributed by atoms with Crippen LogP contribution in [0.15, 0.2) is 18.2 Å². The highest BCUT2D eigenvalue weighted by molar-refractivity contribution is 7.22. The number of nitrogens with two attached hydrogens (primary N) is 1. The largest absolute Gasteiger partial charge is 0.481 e. The first-order valence-electron chi connectivity index (χ1n) is 7.22. The molecule has 0 unspecified atom stereocenters. The molecule has 0 atom stereocenters. The Hall–Kier alpha value is -2.15. The summed E-state index contributed by atoms with van der Waals surface area (Å²) >= 11 is 1.38. The average Bonchev–Trinajstić information content (AvgIpc) is 2.86. The Morgan fingerprint density at radius 3 is 2.59 bits per heavy atom. The standard InChI is InChI=1S/C15H17N3O3S/c16-15-18-11-6-5-10(7-12(11)22-15)17-13(19)8-1-3-9(4-2-8)14(20)21/h5-9H,1-4H2,(H2,16,18)(H,17,19)(H,20,21). The number of nitrogens with zero attached hydrogens (tertiary/aromatic N) is 1. The molecule has 0 radical (unpaired) electrons. The van der Waals surface area contributed by atoms with Gasteiger partial charge in [0.2, 0.25) is 5.91 Å². The molecule has 1 amide bonds. The lowest BCUT2D eigenvalue weighted by molar-refractivity contribution is -0.143. The Kier molecular flexibility index (Phi) is 3.98. The molecule has 4 N–H and O–H groups in total. The van der Waals surface area contributed by atoms with Gasteiger partial charge in [-0.25, -0.2) is 4.98 Å². The lowest BCUT2D eigenvalue weighted by atomic mass is 9.81. The molecule has 2 aromatic rings. The molecular formula is C15H17N3O3S. The van der Waals surface area contributed by atoms with E-state index in [1.165, 1.54) is 11.3 Å². The number of rotatable bonds is 3. The summed E-state index contributed by atoms with van der Waals surface area (Å²) in [5, 5.41) is 12.4. The maximum atomic E-state index is 12.3. The summed E-state index contributed by atoms with van der Waals surface area (Å²) in [5.74, 6) is -1.22. The normalized spacial score (nSPS) is 21.6. The predicted molar refractivity (Wildman–Crippen MR) is 85.7 cm³/mol. The second-order valence-corrected chi connectivity index (χ2v) is 6.67. The minimum Gasteiger partial charge on any atom is -0.481 e. The average molecular weight is 319 g/mol. The monoisotopic (exact) mass is 319 g/mol. The van der Waals surface area contributed by atoms with Crippen molar-refractivity contribution in [3.63, 3.8) is 0 Å². The maximum Gasteiger partial charge on any atom is 0.306 e. The van der Waals surface area contributed by atoms with Crippen LogP contribution in [0.1, 0.15) is 25.7 Å². The van der Waals surface area contributed by atoms with E-state index in [1.54, 1.807) is 0 Å². The zero-order valence-electron chi connectivity index (χ0n) is 11.9. The second-order valence-electron chi connectivity index (χ2n) is 5.61. The number of hydrogen-bond donors (Lipinski definition) is 3. The van der Waals surface area contributed by atoms with Crippen LogP contribution in [0.5, 0.6) is 0 Å². The topological polar surface area (TPSA) is 105 Å². The number of amides is 1. The molecule has 6 nitrogen and oxygen atoms in total. The Labute approximate surface area is 131 Å². The highest BCUT2D eigenvalue weighted by Crippen LogP contribution is 2.31. The molecule has 0 bridgehead atoms. The van der Waals surface area contributed by atoms with Crippen molar-refractivity contribution in [2.45, 2.75) is 25.7 Å². The summed E-state index contributed by atoms with van der Waals surface area (Å²) in [4.78, 5) is 27.4. The van der Waals surface area contributed by atoms with Crippen molar-refractivity contribution in [2.24, 2.45) is 11.8 Å². The molecule has 1 aromatic heterocycles. The fourth-order valence-corrected chi connectivity index (χ4v) is 3.64. The molecular weight excluding hydrogens is 302 g/mol. The van der Waals surface area contributed by atoms with Gasteiger partial charge in [0.1, 0.15) is 0 Å². The van der Waals surface area contributed by atoms with Crippen LogP contribution in [0.25, 0.3) is 10.2 Å². The predicted octanol–water partition coefficient (Wildman–Crippen LogP) is 2.71. The van der Waals surface area contributed by atoms with Gasteiger partial charge in [-0.1, -0.05) is 11.3 Å². The van der Waals surface area contributed by atoms with E-state index in [4.69, 9.17) is 10.8 Å². The number of carbonyl (C=O) groups is 2. The van der Waals surface area contributed by atoms with E-state index in [0.717, 1.165) is 15.9 Å². The smallest absolute Gasteiger partial charge is 0.306 e. The lowest BCUT2D eigenvalue weighted by Crippen LogP contribution is -2.29. The third-order valence-corrected chi connectivity index (χ3v) is 4.97. The van der Waals surface area contributed by atoms with E-state index in [-0.39, 0.29) is 17.7 Å². The fourth-order valence-electron chi connectivity index (χ4n) is 2.87. The molecule has 7 heteroatoms. The van der Waals surface area contributed by atoms with Crippen LogP contribution in [0.4, 0.5) is 10.8 Å². The third kappa shape index (κ3) is 3.04. The minimum absolute atomic E-state index is 0.0410. The van der Waals surface area contributed by atoms with Crippen molar-refractivity contribution in [1.82, 2.24) is 4.98 Å². The SMILES string of the molecule is Nc1nc2ccc(NC(=O)C3CCC(C(=O)O)CC3)cc2s1. The molecule has 1 aromatic carbocycles. The van der Waals surface area contributed by atoms with Gasteiger partial charge in [0, 0.05) is 11.6 Å². The van der Waals surface area contributed by atoms with Gasteiger partial charge in [0.15, 0.2) is 5.13 Å². The summed E-state index contributed by atoms with van der Waals surface area (Å²) in [6, 6.07) is 5.51. The molecule has 1 fully saturated rings. The number of aliphatic carboxylic acids is 1. The zero-order valence-corrected chi connectivity index (χ0v) is 12.7. The summed E-state index contributed by atoms with van der Waals surface area (Å²) in [6.07, 6.45) is 2.38. The van der Waals surface area contributed by atoms with Crippen LogP contribution in [-0.4, -0.2) is 22.0 Å². The number of fused-ring (bicyclic) bond motifs is 1. The van der Waals surface area contributed by atoms with E-state index < -0.39 is 5.97 Å². The first kappa shape index (κ1) is 14.8. The summed E-state index contributed by atoms with van der Waals surface area (Å²) < 4.78 is 0.935. The van der Waals surface area contributed by atoms with Crippen LogP contribution in [0.3, 0.4) is 0 Å². The first-order valence-corrected chi connectivity index (χ1v) is 8.04. The van der Waals surface area contributed by atoms with Crippen LogP contribution in [0, 0.1) is 11.8 Å². The number of benzene rings is 1. The van der Waals surface area contributed by atoms with Crippen molar-refractivity contribution in [1.29, 1.82) is 0 Å². The molecule has 0 aliphatic heterocycles. The molecule has 1 aliphatic rings. The number of aromatic nitrogens is 1. The van der Waals surface area contributed by atoms with Crippen molar-refractivity contribution in [2.75, 3.05) is 11.1 Å². The van der Waals surface area contributed by atoms with Crippen LogP contribution >= 0.6 is 11.3 Å². The van der Waals surface area contributed by atoms with E-state index in [2.05, 4.69) is 10.3 Å². The van der Waals surface area contributed by atoms with Gasteiger partial charge in [-0.05, 0) is 43.9 Å². The quantitative estimate of drug-likeness (QED) is 0.806. The van der Waals surface area contributed by atoms with Crippen LogP contribution < -0.4 is 11.1 Å². The van der Waals surface area contributed by atoms with Gasteiger partial charge in [-0.3, -0.25) is 9.59 Å². The van der Waals surface area contributed by atoms with Gasteiger partial charge >= 0.3 is 5.97 Å². The minimum atomic E-state index is -0.757. The second kappa shape index (κ2) is 5.92. The fraction of sp³-hybridized carbons (Fsp3) is 0.400. The molecule has 22 heavy (non-hydrogen) atoms. The molecule has 0 saturated heterocycles. The number of hydrogen-bond acceptors (Lipinski definition) is 5. The number of carboxylic acids is 1. The molecule has 116 valence electrons. The number of nitrogens with one attached hydrogen (secondary N) is 1. The summed E-state index contributed by atoms with van der Waals surface area (Å²) in [6.45, 7) is 0. The van der Waals surface area contributed by atoms with Gasteiger partial charge in [-0.2, -0.15) is 0 Å². The number of anilines is 2. The van der Waals surface area contributed by atoms with Crippen molar-refractivity contribution >= 4 is 44.2 Å². The van der Waals surface area contributed by atoms with Gasteiger partial charge in [-0.15, -0.1) is 0 Å². The molecule has 0 spiro atoms. The molecule has 1 heterocycles. The summed E-state index contributed by atoms with van der Waals surface area (Å²) in [5.41, 5.74) is 7.21. The molecule has 1 aliphatic carbocycles. The Morgan fingerprint density at radius 2 is 1.91 bits per heavy atom. The van der Waals surface area contributed by atoms with Gasteiger partial charge in [0.25, 0.3) is 0 Å². The number of nitrogen functional groups attached to an aromatic ring is 1. The number of carbonyl (C=O) groups excluding carboxylic acids is 1. The Balaban J connectivity index is 1.64. The first-order chi connectivity index (χ1) is 10.5. The zero-order chi connectivity index (χ0) is 15.7. The Morgan fingerprint density at radius 1 is 1.23 bits per heavy atom.